The molecule has 0 unspecified atom stereocenters. The maximum Gasteiger partial charge on any atom is 0.116 e. The molecular formula is C10H10OS2. The number of aromatic hydroxyl groups is 1. The van der Waals surface area contributed by atoms with Crippen molar-refractivity contribution in [3.05, 3.63) is 23.8 Å². The van der Waals surface area contributed by atoms with Crippen molar-refractivity contribution in [3.63, 3.8) is 0 Å². The molecule has 0 aliphatic heterocycles. The third kappa shape index (κ3) is 1.42. The summed E-state index contributed by atoms with van der Waals surface area (Å²) in [6.45, 7) is 2.10. The highest BCUT2D eigenvalue weighted by molar-refractivity contribution is 8.00. The fourth-order valence-corrected chi connectivity index (χ4v) is 3.32. The van der Waals surface area contributed by atoms with E-state index in [-0.39, 0.29) is 0 Å². The van der Waals surface area contributed by atoms with E-state index >= 15 is 0 Å². The van der Waals surface area contributed by atoms with Crippen molar-refractivity contribution in [2.24, 2.45) is 0 Å². The van der Waals surface area contributed by atoms with Crippen LogP contribution in [0.5, 0.6) is 5.75 Å². The zero-order valence-corrected chi connectivity index (χ0v) is 9.13. The zero-order valence-electron chi connectivity index (χ0n) is 7.50. The lowest BCUT2D eigenvalue weighted by Gasteiger charge is -1.93. The Kier molecular flexibility index (Phi) is 2.22. The van der Waals surface area contributed by atoms with Gasteiger partial charge in [0.05, 0.1) is 4.21 Å². The lowest BCUT2D eigenvalue weighted by Crippen LogP contribution is -1.69. The number of phenolic OH excluding ortho intramolecular Hbond substituents is 1. The Morgan fingerprint density at radius 3 is 2.85 bits per heavy atom. The van der Waals surface area contributed by atoms with Crippen LogP contribution in [0.15, 0.2) is 22.4 Å². The number of rotatable bonds is 1. The van der Waals surface area contributed by atoms with Crippen LogP contribution >= 0.6 is 23.1 Å². The van der Waals surface area contributed by atoms with Crippen LogP contribution in [-0.4, -0.2) is 11.4 Å². The van der Waals surface area contributed by atoms with E-state index in [0.717, 1.165) is 0 Å². The molecule has 3 heteroatoms. The summed E-state index contributed by atoms with van der Waals surface area (Å²) in [5, 5.41) is 10.5. The highest BCUT2D eigenvalue weighted by Gasteiger charge is 2.07. The quantitative estimate of drug-likeness (QED) is 0.725. The van der Waals surface area contributed by atoms with Crippen LogP contribution in [0.1, 0.15) is 5.56 Å². The smallest absolute Gasteiger partial charge is 0.116 e. The summed E-state index contributed by atoms with van der Waals surface area (Å²) in [4.78, 5) is 0. The van der Waals surface area contributed by atoms with Gasteiger partial charge in [-0.05, 0) is 36.9 Å². The second-order valence-electron chi connectivity index (χ2n) is 2.90. The van der Waals surface area contributed by atoms with E-state index in [9.17, 15) is 5.11 Å². The van der Waals surface area contributed by atoms with Gasteiger partial charge >= 0.3 is 0 Å². The Morgan fingerprint density at radius 1 is 1.38 bits per heavy atom. The Morgan fingerprint density at radius 2 is 2.15 bits per heavy atom. The Bertz CT molecular complexity index is 445. The predicted molar refractivity (Wildman–Crippen MR) is 60.0 cm³/mol. The number of thioether (sulfide) groups is 1. The zero-order chi connectivity index (χ0) is 9.42. The van der Waals surface area contributed by atoms with E-state index in [1.165, 1.54) is 19.9 Å². The second-order valence-corrected chi connectivity index (χ2v) is 5.03. The fraction of sp³-hybridized carbons (Fsp3) is 0.200. The molecule has 0 saturated heterocycles. The van der Waals surface area contributed by atoms with Gasteiger partial charge in [-0.2, -0.15) is 0 Å². The number of thiophene rings is 1. The van der Waals surface area contributed by atoms with Gasteiger partial charge in [0.2, 0.25) is 0 Å². The highest BCUT2D eigenvalue weighted by Crippen LogP contribution is 2.37. The molecule has 0 aliphatic rings. The number of aryl methyl sites for hydroxylation is 1. The number of hydrogen-bond donors (Lipinski definition) is 1. The molecule has 0 saturated carbocycles. The molecule has 1 aromatic carbocycles. The minimum atomic E-state index is 0.348. The lowest BCUT2D eigenvalue weighted by atomic mass is 10.2. The SMILES string of the molecule is CSc1sc2ccc(O)cc2c1C. The van der Waals surface area contributed by atoms with Gasteiger partial charge in [0.15, 0.2) is 0 Å². The topological polar surface area (TPSA) is 20.2 Å². The number of fused-ring (bicyclic) bond motifs is 1. The van der Waals surface area contributed by atoms with Crippen molar-refractivity contribution in [1.82, 2.24) is 0 Å². The van der Waals surface area contributed by atoms with E-state index in [0.29, 0.717) is 5.75 Å². The molecule has 0 radical (unpaired) electrons. The van der Waals surface area contributed by atoms with Crippen molar-refractivity contribution in [1.29, 1.82) is 0 Å². The third-order valence-electron chi connectivity index (χ3n) is 2.06. The first-order chi connectivity index (χ1) is 6.22. The number of benzene rings is 1. The maximum atomic E-state index is 9.33. The van der Waals surface area contributed by atoms with Crippen LogP contribution in [0.3, 0.4) is 0 Å². The molecule has 2 rings (SSSR count). The first-order valence-corrected chi connectivity index (χ1v) is 6.02. The minimum Gasteiger partial charge on any atom is -0.508 e. The first kappa shape index (κ1) is 8.91. The molecule has 1 heterocycles. The standard InChI is InChI=1S/C10H10OS2/c1-6-8-5-7(11)3-4-9(8)13-10(6)12-2/h3-5,11H,1-2H3. The highest BCUT2D eigenvalue weighted by atomic mass is 32.2. The minimum absolute atomic E-state index is 0.348. The van der Waals surface area contributed by atoms with Gasteiger partial charge in [-0.3, -0.25) is 0 Å². The monoisotopic (exact) mass is 210 g/mol. The van der Waals surface area contributed by atoms with Gasteiger partial charge < -0.3 is 5.11 Å². The average molecular weight is 210 g/mol. The molecule has 1 N–H and O–H groups in total. The largest absolute Gasteiger partial charge is 0.508 e. The molecule has 0 bridgehead atoms. The second kappa shape index (κ2) is 3.24. The molecule has 1 aromatic heterocycles. The molecule has 0 atom stereocenters. The third-order valence-corrected chi connectivity index (χ3v) is 4.56. The molecule has 0 fully saturated rings. The van der Waals surface area contributed by atoms with Gasteiger partial charge in [-0.15, -0.1) is 23.1 Å². The normalized spacial score (nSPS) is 10.9. The van der Waals surface area contributed by atoms with Gasteiger partial charge in [-0.25, -0.2) is 0 Å². The summed E-state index contributed by atoms with van der Waals surface area (Å²) in [5.74, 6) is 0.348. The summed E-state index contributed by atoms with van der Waals surface area (Å²) in [5.41, 5.74) is 1.28. The van der Waals surface area contributed by atoms with Crippen molar-refractivity contribution in [2.45, 2.75) is 11.1 Å². The van der Waals surface area contributed by atoms with E-state index in [1.807, 2.05) is 12.1 Å². The van der Waals surface area contributed by atoms with Crippen LogP contribution in [0, 0.1) is 6.92 Å². The molecular weight excluding hydrogens is 200 g/mol. The maximum absolute atomic E-state index is 9.33. The Balaban J connectivity index is 2.77. The molecule has 13 heavy (non-hydrogen) atoms. The van der Waals surface area contributed by atoms with Crippen molar-refractivity contribution >= 4 is 33.2 Å². The van der Waals surface area contributed by atoms with Gasteiger partial charge in [0.25, 0.3) is 0 Å². The predicted octanol–water partition coefficient (Wildman–Crippen LogP) is 3.64. The van der Waals surface area contributed by atoms with Crippen LogP contribution in [0.2, 0.25) is 0 Å². The molecule has 0 spiro atoms. The fourth-order valence-electron chi connectivity index (χ4n) is 1.38. The van der Waals surface area contributed by atoms with Crippen LogP contribution in [0.25, 0.3) is 10.1 Å². The van der Waals surface area contributed by atoms with E-state index in [1.54, 1.807) is 29.2 Å². The molecule has 1 nitrogen and oxygen atoms in total. The lowest BCUT2D eigenvalue weighted by molar-refractivity contribution is 0.476. The van der Waals surface area contributed by atoms with Gasteiger partial charge in [0, 0.05) is 10.1 Å². The van der Waals surface area contributed by atoms with Crippen LogP contribution < -0.4 is 0 Å². The average Bonchev–Trinajstić information content (AvgIpc) is 2.44. The van der Waals surface area contributed by atoms with Crippen LogP contribution in [-0.2, 0) is 0 Å². The van der Waals surface area contributed by atoms with Crippen molar-refractivity contribution in [3.8, 4) is 5.75 Å². The molecule has 68 valence electrons. The summed E-state index contributed by atoms with van der Waals surface area (Å²) < 4.78 is 2.58. The van der Waals surface area contributed by atoms with E-state index < -0.39 is 0 Å². The van der Waals surface area contributed by atoms with Crippen LogP contribution in [0.4, 0.5) is 0 Å². The van der Waals surface area contributed by atoms with E-state index in [4.69, 9.17) is 0 Å². The Labute approximate surface area is 85.4 Å². The molecule has 2 aromatic rings. The summed E-state index contributed by atoms with van der Waals surface area (Å²) in [6, 6.07) is 5.55. The number of phenols is 1. The van der Waals surface area contributed by atoms with Gasteiger partial charge in [-0.1, -0.05) is 0 Å². The van der Waals surface area contributed by atoms with Crippen molar-refractivity contribution in [2.75, 3.05) is 6.26 Å². The molecule has 0 amide bonds. The summed E-state index contributed by atoms with van der Waals surface area (Å²) in [7, 11) is 0. The van der Waals surface area contributed by atoms with E-state index in [2.05, 4.69) is 13.2 Å². The van der Waals surface area contributed by atoms with Crippen molar-refractivity contribution < 1.29 is 5.11 Å². The number of hydrogen-bond acceptors (Lipinski definition) is 3. The molecule has 0 aliphatic carbocycles. The summed E-state index contributed by atoms with van der Waals surface area (Å²) >= 11 is 3.55. The first-order valence-electron chi connectivity index (χ1n) is 3.98. The Hall–Kier alpha value is -0.670. The van der Waals surface area contributed by atoms with Gasteiger partial charge in [0.1, 0.15) is 5.75 Å². The summed E-state index contributed by atoms with van der Waals surface area (Å²) in [6.07, 6.45) is 2.08.